The standard InChI is InChI=1S/C16H22N2O2/c1-11(2)14(7-8-19)18-16(20)9-12-10-17-15-6-4-3-5-13(12)15/h3-6,10-11,14,17,19H,7-9H2,1-2H3,(H,18,20). The van der Waals surface area contributed by atoms with E-state index in [4.69, 9.17) is 5.11 Å². The summed E-state index contributed by atoms with van der Waals surface area (Å²) < 4.78 is 0. The number of aliphatic hydroxyl groups is 1. The minimum atomic E-state index is 0.00176. The first kappa shape index (κ1) is 14.6. The van der Waals surface area contributed by atoms with Crippen LogP contribution >= 0.6 is 0 Å². The van der Waals surface area contributed by atoms with Crippen molar-refractivity contribution in [3.63, 3.8) is 0 Å². The third-order valence-electron chi connectivity index (χ3n) is 3.62. The molecular weight excluding hydrogens is 252 g/mol. The molecule has 1 unspecified atom stereocenters. The van der Waals surface area contributed by atoms with Crippen LogP contribution in [0.1, 0.15) is 25.8 Å². The minimum absolute atomic E-state index is 0.00176. The van der Waals surface area contributed by atoms with Gasteiger partial charge in [-0.25, -0.2) is 0 Å². The number of aliphatic hydroxyl groups excluding tert-OH is 1. The second-order valence-corrected chi connectivity index (χ2v) is 5.47. The molecule has 0 bridgehead atoms. The van der Waals surface area contributed by atoms with Gasteiger partial charge in [-0.15, -0.1) is 0 Å². The predicted molar refractivity (Wildman–Crippen MR) is 80.5 cm³/mol. The van der Waals surface area contributed by atoms with Crippen molar-refractivity contribution in [2.45, 2.75) is 32.7 Å². The van der Waals surface area contributed by atoms with Gasteiger partial charge in [-0.05, 0) is 24.0 Å². The summed E-state index contributed by atoms with van der Waals surface area (Å²) in [4.78, 5) is 15.3. The average molecular weight is 274 g/mol. The number of hydrogen-bond acceptors (Lipinski definition) is 2. The lowest BCUT2D eigenvalue weighted by molar-refractivity contribution is -0.121. The number of hydrogen-bond donors (Lipinski definition) is 3. The molecule has 1 aromatic carbocycles. The van der Waals surface area contributed by atoms with Crippen molar-refractivity contribution in [2.24, 2.45) is 5.92 Å². The molecule has 0 spiro atoms. The van der Waals surface area contributed by atoms with Gasteiger partial charge < -0.3 is 15.4 Å². The highest BCUT2D eigenvalue weighted by molar-refractivity contribution is 5.88. The lowest BCUT2D eigenvalue weighted by Crippen LogP contribution is -2.39. The highest BCUT2D eigenvalue weighted by Crippen LogP contribution is 2.18. The fourth-order valence-electron chi connectivity index (χ4n) is 2.42. The number of fused-ring (bicyclic) bond motifs is 1. The van der Waals surface area contributed by atoms with Gasteiger partial charge >= 0.3 is 0 Å². The van der Waals surface area contributed by atoms with E-state index in [0.29, 0.717) is 18.8 Å². The lowest BCUT2D eigenvalue weighted by atomic mass is 10.0. The molecule has 20 heavy (non-hydrogen) atoms. The molecule has 3 N–H and O–H groups in total. The highest BCUT2D eigenvalue weighted by Gasteiger charge is 2.16. The topological polar surface area (TPSA) is 65.1 Å². The van der Waals surface area contributed by atoms with Gasteiger partial charge in [0, 0.05) is 29.7 Å². The third kappa shape index (κ3) is 3.39. The second-order valence-electron chi connectivity index (χ2n) is 5.47. The Morgan fingerprint density at radius 3 is 2.80 bits per heavy atom. The van der Waals surface area contributed by atoms with Crippen LogP contribution < -0.4 is 5.32 Å². The molecule has 108 valence electrons. The van der Waals surface area contributed by atoms with Gasteiger partial charge in [-0.3, -0.25) is 4.79 Å². The number of amides is 1. The number of aromatic nitrogens is 1. The Labute approximate surface area is 119 Å². The number of H-pyrrole nitrogens is 1. The van der Waals surface area contributed by atoms with Gasteiger partial charge in [0.05, 0.1) is 6.42 Å². The Hall–Kier alpha value is -1.81. The summed E-state index contributed by atoms with van der Waals surface area (Å²) >= 11 is 0. The molecule has 2 rings (SSSR count). The van der Waals surface area contributed by atoms with Crippen molar-refractivity contribution < 1.29 is 9.90 Å². The van der Waals surface area contributed by atoms with Crippen LogP contribution in [0.3, 0.4) is 0 Å². The smallest absolute Gasteiger partial charge is 0.224 e. The van der Waals surface area contributed by atoms with Crippen LogP contribution in [0.2, 0.25) is 0 Å². The van der Waals surface area contributed by atoms with Crippen molar-refractivity contribution in [3.8, 4) is 0 Å². The van der Waals surface area contributed by atoms with E-state index in [1.54, 1.807) is 0 Å². The fraction of sp³-hybridized carbons (Fsp3) is 0.438. The van der Waals surface area contributed by atoms with E-state index in [-0.39, 0.29) is 18.6 Å². The van der Waals surface area contributed by atoms with Crippen LogP contribution in [0, 0.1) is 5.92 Å². The Morgan fingerprint density at radius 2 is 2.10 bits per heavy atom. The van der Waals surface area contributed by atoms with Crippen molar-refractivity contribution in [1.82, 2.24) is 10.3 Å². The Kier molecular flexibility index (Phi) is 4.79. The number of nitrogens with one attached hydrogen (secondary N) is 2. The number of aromatic amines is 1. The number of rotatable bonds is 6. The SMILES string of the molecule is CC(C)C(CCO)NC(=O)Cc1c[nH]c2ccccc12. The van der Waals surface area contributed by atoms with Crippen LogP contribution in [0.25, 0.3) is 10.9 Å². The van der Waals surface area contributed by atoms with E-state index in [2.05, 4.69) is 10.3 Å². The van der Waals surface area contributed by atoms with Gasteiger partial charge in [0.2, 0.25) is 5.91 Å². The van der Waals surface area contributed by atoms with E-state index in [9.17, 15) is 4.79 Å². The zero-order valence-corrected chi connectivity index (χ0v) is 12.0. The van der Waals surface area contributed by atoms with Crippen molar-refractivity contribution in [3.05, 3.63) is 36.0 Å². The summed E-state index contributed by atoms with van der Waals surface area (Å²) in [6.45, 7) is 4.19. The first-order valence-corrected chi connectivity index (χ1v) is 7.07. The van der Waals surface area contributed by atoms with Crippen molar-refractivity contribution in [2.75, 3.05) is 6.61 Å². The fourth-order valence-corrected chi connectivity index (χ4v) is 2.42. The second kappa shape index (κ2) is 6.57. The Morgan fingerprint density at radius 1 is 1.35 bits per heavy atom. The summed E-state index contributed by atoms with van der Waals surface area (Å²) in [5.74, 6) is 0.316. The molecule has 0 saturated carbocycles. The molecule has 0 aliphatic heterocycles. The predicted octanol–water partition coefficient (Wildman–Crippen LogP) is 2.23. The lowest BCUT2D eigenvalue weighted by Gasteiger charge is -2.21. The molecule has 4 nitrogen and oxygen atoms in total. The largest absolute Gasteiger partial charge is 0.396 e. The monoisotopic (exact) mass is 274 g/mol. The Balaban J connectivity index is 2.04. The molecule has 2 aromatic rings. The van der Waals surface area contributed by atoms with Crippen LogP contribution in [-0.2, 0) is 11.2 Å². The molecule has 0 radical (unpaired) electrons. The molecule has 0 fully saturated rings. The highest BCUT2D eigenvalue weighted by atomic mass is 16.3. The van der Waals surface area contributed by atoms with Crippen LogP contribution in [-0.4, -0.2) is 28.6 Å². The molecule has 4 heteroatoms. The Bertz CT molecular complexity index is 575. The average Bonchev–Trinajstić information content (AvgIpc) is 2.81. The van der Waals surface area contributed by atoms with E-state index in [1.807, 2.05) is 44.3 Å². The van der Waals surface area contributed by atoms with Gasteiger partial charge in [-0.2, -0.15) is 0 Å². The molecule has 1 aromatic heterocycles. The zero-order chi connectivity index (χ0) is 14.5. The molecule has 1 atom stereocenters. The normalized spacial score (nSPS) is 12.8. The number of para-hydroxylation sites is 1. The summed E-state index contributed by atoms with van der Waals surface area (Å²) in [6, 6.07) is 7.98. The number of carbonyl (C=O) groups excluding carboxylic acids is 1. The van der Waals surface area contributed by atoms with E-state index in [1.165, 1.54) is 0 Å². The maximum Gasteiger partial charge on any atom is 0.224 e. The summed E-state index contributed by atoms with van der Waals surface area (Å²) in [7, 11) is 0. The molecule has 0 aliphatic carbocycles. The summed E-state index contributed by atoms with van der Waals surface area (Å²) in [5, 5.41) is 13.1. The first-order valence-electron chi connectivity index (χ1n) is 7.07. The minimum Gasteiger partial charge on any atom is -0.396 e. The van der Waals surface area contributed by atoms with Crippen LogP contribution in [0.15, 0.2) is 30.5 Å². The summed E-state index contributed by atoms with van der Waals surface area (Å²) in [6.07, 6.45) is 2.84. The summed E-state index contributed by atoms with van der Waals surface area (Å²) in [5.41, 5.74) is 2.05. The van der Waals surface area contributed by atoms with Crippen molar-refractivity contribution >= 4 is 16.8 Å². The van der Waals surface area contributed by atoms with Gasteiger partial charge in [0.15, 0.2) is 0 Å². The first-order chi connectivity index (χ1) is 9.61. The van der Waals surface area contributed by atoms with Crippen LogP contribution in [0.4, 0.5) is 0 Å². The molecule has 1 heterocycles. The third-order valence-corrected chi connectivity index (χ3v) is 3.62. The van der Waals surface area contributed by atoms with E-state index < -0.39 is 0 Å². The molecular formula is C16H22N2O2. The quantitative estimate of drug-likeness (QED) is 0.756. The molecule has 0 saturated heterocycles. The van der Waals surface area contributed by atoms with Gasteiger partial charge in [0.1, 0.15) is 0 Å². The molecule has 1 amide bonds. The van der Waals surface area contributed by atoms with E-state index in [0.717, 1.165) is 16.5 Å². The van der Waals surface area contributed by atoms with Crippen molar-refractivity contribution in [1.29, 1.82) is 0 Å². The zero-order valence-electron chi connectivity index (χ0n) is 12.0. The maximum atomic E-state index is 12.1. The number of benzene rings is 1. The van der Waals surface area contributed by atoms with Gasteiger partial charge in [0.25, 0.3) is 0 Å². The number of carbonyl (C=O) groups is 1. The van der Waals surface area contributed by atoms with Crippen LogP contribution in [0.5, 0.6) is 0 Å². The van der Waals surface area contributed by atoms with Gasteiger partial charge in [-0.1, -0.05) is 32.0 Å². The molecule has 0 aliphatic rings. The maximum absolute atomic E-state index is 12.1. The van der Waals surface area contributed by atoms with E-state index >= 15 is 0 Å².